The van der Waals surface area contributed by atoms with E-state index in [0.717, 1.165) is 12.1 Å². The van der Waals surface area contributed by atoms with Crippen molar-refractivity contribution in [1.82, 2.24) is 15.6 Å². The Hall–Kier alpha value is -3.82. The van der Waals surface area contributed by atoms with Crippen LogP contribution >= 0.6 is 0 Å². The van der Waals surface area contributed by atoms with Crippen LogP contribution in [0.3, 0.4) is 0 Å². The van der Waals surface area contributed by atoms with Gasteiger partial charge in [0.25, 0.3) is 5.91 Å². The topological polar surface area (TPSA) is 88.6 Å². The second-order valence-electron chi connectivity index (χ2n) is 6.05. The van der Waals surface area contributed by atoms with E-state index in [1.165, 1.54) is 38.6 Å². The zero-order valence-corrected chi connectivity index (χ0v) is 15.9. The molecule has 1 heterocycles. The number of carbonyl (C=O) groups is 1. The molecule has 0 unspecified atom stereocenters. The first-order chi connectivity index (χ1) is 14.3. The van der Waals surface area contributed by atoms with E-state index in [0.29, 0.717) is 28.3 Å². The van der Waals surface area contributed by atoms with Gasteiger partial charge in [0.1, 0.15) is 17.2 Å². The summed E-state index contributed by atoms with van der Waals surface area (Å²) >= 11 is 0. The van der Waals surface area contributed by atoms with Crippen LogP contribution in [-0.2, 0) is 6.18 Å². The van der Waals surface area contributed by atoms with Crippen LogP contribution < -0.4 is 14.9 Å². The van der Waals surface area contributed by atoms with Gasteiger partial charge < -0.3 is 9.47 Å². The Balaban J connectivity index is 1.69. The van der Waals surface area contributed by atoms with Gasteiger partial charge >= 0.3 is 6.18 Å². The fourth-order valence-electron chi connectivity index (χ4n) is 2.57. The van der Waals surface area contributed by atoms with Crippen LogP contribution in [0.5, 0.6) is 11.5 Å². The fourth-order valence-corrected chi connectivity index (χ4v) is 2.57. The molecule has 30 heavy (non-hydrogen) atoms. The number of H-pyrrole nitrogens is 1. The number of hydrazone groups is 1. The number of nitrogens with zero attached hydrogens (tertiary/aromatic N) is 2. The van der Waals surface area contributed by atoms with Gasteiger partial charge in [0.05, 0.1) is 31.7 Å². The maximum Gasteiger partial charge on any atom is 0.416 e. The maximum atomic E-state index is 12.6. The van der Waals surface area contributed by atoms with Gasteiger partial charge in [-0.3, -0.25) is 9.89 Å². The number of amides is 1. The van der Waals surface area contributed by atoms with Gasteiger partial charge in [-0.15, -0.1) is 0 Å². The van der Waals surface area contributed by atoms with Crippen LogP contribution in [0.4, 0.5) is 13.2 Å². The Kier molecular flexibility index (Phi) is 6.05. The molecule has 1 aromatic heterocycles. The SMILES string of the molecule is COc1ccc(OC)c(-c2cc(C(=O)NN=Cc3ccc(C(F)(F)F)cc3)[nH]n2)c1. The molecule has 0 aliphatic rings. The second kappa shape index (κ2) is 8.68. The van der Waals surface area contributed by atoms with E-state index in [4.69, 9.17) is 9.47 Å². The largest absolute Gasteiger partial charge is 0.497 e. The van der Waals surface area contributed by atoms with Gasteiger partial charge in [0.2, 0.25) is 0 Å². The smallest absolute Gasteiger partial charge is 0.416 e. The molecule has 0 fully saturated rings. The van der Waals surface area contributed by atoms with Crippen LogP contribution in [-0.4, -0.2) is 36.5 Å². The Morgan fingerprint density at radius 1 is 1.10 bits per heavy atom. The molecule has 0 saturated heterocycles. The molecule has 0 atom stereocenters. The second-order valence-corrected chi connectivity index (χ2v) is 6.05. The van der Waals surface area contributed by atoms with E-state index in [1.807, 2.05) is 0 Å². The van der Waals surface area contributed by atoms with Crippen LogP contribution in [0.15, 0.2) is 53.6 Å². The van der Waals surface area contributed by atoms with Gasteiger partial charge in [0.15, 0.2) is 0 Å². The van der Waals surface area contributed by atoms with Crippen LogP contribution in [0.25, 0.3) is 11.3 Å². The van der Waals surface area contributed by atoms with Crippen LogP contribution in [0, 0.1) is 0 Å². The molecule has 10 heteroatoms. The van der Waals surface area contributed by atoms with Gasteiger partial charge in [-0.25, -0.2) is 5.43 Å². The molecule has 7 nitrogen and oxygen atoms in total. The molecular formula is C20H17F3N4O3. The minimum Gasteiger partial charge on any atom is -0.497 e. The van der Waals surface area contributed by atoms with Crippen molar-refractivity contribution in [3.8, 4) is 22.8 Å². The summed E-state index contributed by atoms with van der Waals surface area (Å²) in [5, 5.41) is 10.5. The predicted molar refractivity (Wildman–Crippen MR) is 104 cm³/mol. The number of aromatic amines is 1. The van der Waals surface area contributed by atoms with E-state index in [-0.39, 0.29) is 5.69 Å². The van der Waals surface area contributed by atoms with E-state index in [2.05, 4.69) is 20.7 Å². The first kappa shape index (κ1) is 20.9. The molecule has 0 saturated carbocycles. The van der Waals surface area contributed by atoms with Crippen molar-refractivity contribution in [2.24, 2.45) is 5.10 Å². The lowest BCUT2D eigenvalue weighted by Crippen LogP contribution is -2.18. The molecule has 0 radical (unpaired) electrons. The van der Waals surface area contributed by atoms with Crippen molar-refractivity contribution in [1.29, 1.82) is 0 Å². The number of alkyl halides is 3. The summed E-state index contributed by atoms with van der Waals surface area (Å²) in [4.78, 5) is 12.2. The van der Waals surface area contributed by atoms with Gasteiger partial charge in [-0.05, 0) is 42.0 Å². The van der Waals surface area contributed by atoms with E-state index < -0.39 is 17.6 Å². The number of ether oxygens (including phenoxy) is 2. The third kappa shape index (κ3) is 4.77. The number of methoxy groups -OCH3 is 2. The van der Waals surface area contributed by atoms with Gasteiger partial charge in [-0.1, -0.05) is 12.1 Å². The molecule has 0 aliphatic heterocycles. The number of hydrogen-bond donors (Lipinski definition) is 2. The summed E-state index contributed by atoms with van der Waals surface area (Å²) in [6.07, 6.45) is -3.17. The Labute approximate surface area is 169 Å². The lowest BCUT2D eigenvalue weighted by atomic mass is 10.1. The Morgan fingerprint density at radius 2 is 1.83 bits per heavy atom. The molecule has 0 aliphatic carbocycles. The van der Waals surface area contributed by atoms with E-state index in [9.17, 15) is 18.0 Å². The van der Waals surface area contributed by atoms with Gasteiger partial charge in [-0.2, -0.15) is 23.4 Å². The molecule has 0 spiro atoms. The monoisotopic (exact) mass is 418 g/mol. The normalized spacial score (nSPS) is 11.5. The van der Waals surface area contributed by atoms with Crippen molar-refractivity contribution in [3.63, 3.8) is 0 Å². The van der Waals surface area contributed by atoms with Crippen molar-refractivity contribution in [3.05, 3.63) is 65.4 Å². The van der Waals surface area contributed by atoms with E-state index in [1.54, 1.807) is 18.2 Å². The van der Waals surface area contributed by atoms with Crippen molar-refractivity contribution >= 4 is 12.1 Å². The highest BCUT2D eigenvalue weighted by atomic mass is 19.4. The number of carbonyl (C=O) groups excluding carboxylic acids is 1. The minimum absolute atomic E-state index is 0.138. The third-order valence-electron chi connectivity index (χ3n) is 4.12. The average molecular weight is 418 g/mol. The van der Waals surface area contributed by atoms with Crippen molar-refractivity contribution in [2.45, 2.75) is 6.18 Å². The van der Waals surface area contributed by atoms with Crippen LogP contribution in [0.1, 0.15) is 21.6 Å². The van der Waals surface area contributed by atoms with Crippen LogP contribution in [0.2, 0.25) is 0 Å². The first-order valence-electron chi connectivity index (χ1n) is 8.60. The fraction of sp³-hybridized carbons (Fsp3) is 0.150. The summed E-state index contributed by atoms with van der Waals surface area (Å²) in [6.45, 7) is 0. The predicted octanol–water partition coefficient (Wildman–Crippen LogP) is 3.88. The number of nitrogens with one attached hydrogen (secondary N) is 2. The van der Waals surface area contributed by atoms with Crippen molar-refractivity contribution in [2.75, 3.05) is 14.2 Å². The zero-order chi connectivity index (χ0) is 21.7. The highest BCUT2D eigenvalue weighted by Gasteiger charge is 2.29. The highest BCUT2D eigenvalue weighted by molar-refractivity contribution is 5.94. The lowest BCUT2D eigenvalue weighted by molar-refractivity contribution is -0.137. The maximum absolute atomic E-state index is 12.6. The molecule has 2 N–H and O–H groups in total. The van der Waals surface area contributed by atoms with E-state index >= 15 is 0 Å². The third-order valence-corrected chi connectivity index (χ3v) is 4.12. The van der Waals surface area contributed by atoms with Crippen molar-refractivity contribution < 1.29 is 27.4 Å². The van der Waals surface area contributed by atoms with Gasteiger partial charge in [0, 0.05) is 5.56 Å². The summed E-state index contributed by atoms with van der Waals surface area (Å²) < 4.78 is 48.2. The number of halogens is 3. The zero-order valence-electron chi connectivity index (χ0n) is 15.9. The quantitative estimate of drug-likeness (QED) is 0.470. The highest BCUT2D eigenvalue weighted by Crippen LogP contribution is 2.32. The number of aromatic nitrogens is 2. The lowest BCUT2D eigenvalue weighted by Gasteiger charge is -2.08. The molecule has 3 aromatic rings. The summed E-state index contributed by atoms with van der Waals surface area (Å²) in [5.41, 5.74) is 3.15. The number of benzene rings is 2. The average Bonchev–Trinajstić information content (AvgIpc) is 3.23. The number of hydrogen-bond acceptors (Lipinski definition) is 5. The molecule has 3 rings (SSSR count). The standard InChI is InChI=1S/C20H17F3N4O3/c1-29-14-7-8-18(30-2)15(9-14)16-10-17(26-25-16)19(28)27-24-11-12-3-5-13(6-4-12)20(21,22)23/h3-11H,1-2H3,(H,25,26)(H,27,28). The summed E-state index contributed by atoms with van der Waals surface area (Å²) in [7, 11) is 3.05. The molecular weight excluding hydrogens is 401 g/mol. The summed E-state index contributed by atoms with van der Waals surface area (Å²) in [6, 6.07) is 11.1. The Bertz CT molecular complexity index is 1060. The number of rotatable bonds is 6. The Morgan fingerprint density at radius 3 is 2.47 bits per heavy atom. The molecule has 0 bridgehead atoms. The summed E-state index contributed by atoms with van der Waals surface area (Å²) in [5.74, 6) is 0.578. The molecule has 156 valence electrons. The molecule has 2 aromatic carbocycles. The first-order valence-corrected chi connectivity index (χ1v) is 8.60. The molecule has 1 amide bonds. The minimum atomic E-state index is -4.41.